The van der Waals surface area contributed by atoms with Gasteiger partial charge in [0.05, 0.1) is 6.61 Å². The van der Waals surface area contributed by atoms with Crippen molar-refractivity contribution in [2.24, 2.45) is 0 Å². The van der Waals surface area contributed by atoms with Crippen LogP contribution in [0.5, 0.6) is 0 Å². The van der Waals surface area contributed by atoms with Gasteiger partial charge in [-0.1, -0.05) is 0 Å². The molecule has 0 aromatic heterocycles. The molecule has 0 amide bonds. The molecule has 2 atom stereocenters. The molecule has 4 nitrogen and oxygen atoms in total. The Kier molecular flexibility index (Phi) is 1.25. The highest BCUT2D eigenvalue weighted by molar-refractivity contribution is 5.06. The molecule has 2 rings (SSSR count). The molecule has 2 fully saturated rings. The van der Waals surface area contributed by atoms with Crippen molar-refractivity contribution < 1.29 is 14.9 Å². The van der Waals surface area contributed by atoms with E-state index in [1.807, 2.05) is 0 Å². The maximum atomic E-state index is 9.35. The molecule has 0 unspecified atom stereocenters. The standard InChI is InChI=1S/C6H11NO3/c8-4-1-10-6(5(4)9)2-7-3-6/h4-5,7-9H,1-3H2/t4-,5-/m1/s1. The van der Waals surface area contributed by atoms with Crippen LogP contribution in [-0.2, 0) is 4.74 Å². The summed E-state index contributed by atoms with van der Waals surface area (Å²) in [5.41, 5.74) is -0.459. The zero-order chi connectivity index (χ0) is 7.19. The predicted octanol–water partition coefficient (Wildman–Crippen LogP) is -1.92. The highest BCUT2D eigenvalue weighted by Gasteiger charge is 2.52. The van der Waals surface area contributed by atoms with E-state index in [9.17, 15) is 5.11 Å². The van der Waals surface area contributed by atoms with Crippen LogP contribution in [0.3, 0.4) is 0 Å². The maximum absolute atomic E-state index is 9.35. The van der Waals surface area contributed by atoms with Gasteiger partial charge in [-0.25, -0.2) is 0 Å². The zero-order valence-corrected chi connectivity index (χ0v) is 5.58. The molecule has 0 aliphatic carbocycles. The Morgan fingerprint density at radius 3 is 2.30 bits per heavy atom. The van der Waals surface area contributed by atoms with Gasteiger partial charge in [0, 0.05) is 13.1 Å². The van der Waals surface area contributed by atoms with Crippen LogP contribution in [0.4, 0.5) is 0 Å². The number of hydrogen-bond acceptors (Lipinski definition) is 4. The minimum absolute atomic E-state index is 0.267. The van der Waals surface area contributed by atoms with E-state index in [4.69, 9.17) is 9.84 Å². The minimum Gasteiger partial charge on any atom is -0.388 e. The number of rotatable bonds is 0. The summed E-state index contributed by atoms with van der Waals surface area (Å²) in [6.45, 7) is 1.58. The van der Waals surface area contributed by atoms with Gasteiger partial charge >= 0.3 is 0 Å². The van der Waals surface area contributed by atoms with Crippen LogP contribution in [0, 0.1) is 0 Å². The van der Waals surface area contributed by atoms with Crippen molar-refractivity contribution in [3.05, 3.63) is 0 Å². The van der Waals surface area contributed by atoms with E-state index in [0.717, 1.165) is 0 Å². The van der Waals surface area contributed by atoms with E-state index in [1.165, 1.54) is 0 Å². The Hall–Kier alpha value is -0.160. The van der Waals surface area contributed by atoms with E-state index in [-0.39, 0.29) is 6.61 Å². The topological polar surface area (TPSA) is 61.7 Å². The number of nitrogens with one attached hydrogen (secondary N) is 1. The van der Waals surface area contributed by atoms with Crippen molar-refractivity contribution in [1.82, 2.24) is 5.32 Å². The van der Waals surface area contributed by atoms with Crippen molar-refractivity contribution in [1.29, 1.82) is 0 Å². The lowest BCUT2D eigenvalue weighted by atomic mass is 9.90. The maximum Gasteiger partial charge on any atom is 0.121 e. The van der Waals surface area contributed by atoms with Crippen LogP contribution in [0.1, 0.15) is 0 Å². The molecule has 3 N–H and O–H groups in total. The number of aliphatic hydroxyl groups excluding tert-OH is 2. The molecule has 0 radical (unpaired) electrons. The summed E-state index contributed by atoms with van der Waals surface area (Å²) in [5.74, 6) is 0. The summed E-state index contributed by atoms with van der Waals surface area (Å²) >= 11 is 0. The molecule has 58 valence electrons. The third-order valence-electron chi connectivity index (χ3n) is 2.29. The first kappa shape index (κ1) is 6.54. The van der Waals surface area contributed by atoms with Crippen LogP contribution in [0.25, 0.3) is 0 Å². The second kappa shape index (κ2) is 1.92. The Morgan fingerprint density at radius 1 is 1.40 bits per heavy atom. The fourth-order valence-electron chi connectivity index (χ4n) is 1.46. The summed E-state index contributed by atoms with van der Waals surface area (Å²) < 4.78 is 5.24. The number of aliphatic hydroxyl groups is 2. The van der Waals surface area contributed by atoms with Crippen LogP contribution in [0.2, 0.25) is 0 Å². The van der Waals surface area contributed by atoms with Gasteiger partial charge in [0.2, 0.25) is 0 Å². The van der Waals surface area contributed by atoms with Gasteiger partial charge in [-0.05, 0) is 0 Å². The van der Waals surface area contributed by atoms with E-state index in [0.29, 0.717) is 13.1 Å². The van der Waals surface area contributed by atoms with Gasteiger partial charge in [-0.2, -0.15) is 0 Å². The van der Waals surface area contributed by atoms with E-state index in [2.05, 4.69) is 5.32 Å². The first-order valence-corrected chi connectivity index (χ1v) is 3.45. The van der Waals surface area contributed by atoms with Gasteiger partial charge in [0.1, 0.15) is 17.8 Å². The summed E-state index contributed by atoms with van der Waals surface area (Å²) in [6, 6.07) is 0. The molecule has 2 aliphatic heterocycles. The Balaban J connectivity index is 2.10. The van der Waals surface area contributed by atoms with E-state index in [1.54, 1.807) is 0 Å². The normalized spacial score (nSPS) is 43.8. The van der Waals surface area contributed by atoms with Crippen LogP contribution in [-0.4, -0.2) is 47.7 Å². The van der Waals surface area contributed by atoms with Crippen molar-refractivity contribution in [2.45, 2.75) is 17.8 Å². The molecule has 10 heavy (non-hydrogen) atoms. The molecule has 2 heterocycles. The van der Waals surface area contributed by atoms with Crippen molar-refractivity contribution in [2.75, 3.05) is 19.7 Å². The fraction of sp³-hybridized carbons (Fsp3) is 1.00. The molecule has 2 saturated heterocycles. The molecule has 0 aromatic rings. The average Bonchev–Trinajstić information content (AvgIpc) is 2.10. The predicted molar refractivity (Wildman–Crippen MR) is 33.6 cm³/mol. The monoisotopic (exact) mass is 145 g/mol. The van der Waals surface area contributed by atoms with Crippen molar-refractivity contribution >= 4 is 0 Å². The first-order chi connectivity index (χ1) is 4.75. The second-order valence-electron chi connectivity index (χ2n) is 2.99. The summed E-state index contributed by atoms with van der Waals surface area (Å²) in [5, 5.41) is 21.4. The lowest BCUT2D eigenvalue weighted by Crippen LogP contribution is -2.65. The molecule has 4 heteroatoms. The average molecular weight is 145 g/mol. The fourth-order valence-corrected chi connectivity index (χ4v) is 1.46. The Labute approximate surface area is 58.8 Å². The molecule has 0 bridgehead atoms. The van der Waals surface area contributed by atoms with Gasteiger partial charge in [0.25, 0.3) is 0 Å². The largest absolute Gasteiger partial charge is 0.388 e. The quantitative estimate of drug-likeness (QED) is 0.372. The highest BCUT2D eigenvalue weighted by Crippen LogP contribution is 2.29. The van der Waals surface area contributed by atoms with Crippen LogP contribution >= 0.6 is 0 Å². The minimum atomic E-state index is -0.700. The Morgan fingerprint density at radius 2 is 2.10 bits per heavy atom. The highest BCUT2D eigenvalue weighted by atomic mass is 16.5. The summed E-state index contributed by atoms with van der Waals surface area (Å²) in [6.07, 6.45) is -1.39. The van der Waals surface area contributed by atoms with Gasteiger partial charge < -0.3 is 20.3 Å². The zero-order valence-electron chi connectivity index (χ0n) is 5.58. The van der Waals surface area contributed by atoms with Crippen LogP contribution in [0.15, 0.2) is 0 Å². The molecular formula is C6H11NO3. The first-order valence-electron chi connectivity index (χ1n) is 3.45. The SMILES string of the molecule is O[C@@H]1COC2(CNC2)[C@@H]1O. The van der Waals surface area contributed by atoms with Crippen molar-refractivity contribution in [3.8, 4) is 0 Å². The second-order valence-corrected chi connectivity index (χ2v) is 2.99. The van der Waals surface area contributed by atoms with Crippen molar-refractivity contribution in [3.63, 3.8) is 0 Å². The summed E-state index contributed by atoms with van der Waals surface area (Å²) in [4.78, 5) is 0. The smallest absolute Gasteiger partial charge is 0.121 e. The van der Waals surface area contributed by atoms with E-state index >= 15 is 0 Å². The molecule has 1 spiro atoms. The molecular weight excluding hydrogens is 134 g/mol. The van der Waals surface area contributed by atoms with E-state index < -0.39 is 17.8 Å². The number of ether oxygens (including phenoxy) is 1. The molecule has 0 aromatic carbocycles. The Bertz CT molecular complexity index is 146. The van der Waals surface area contributed by atoms with Gasteiger partial charge in [0.15, 0.2) is 0 Å². The van der Waals surface area contributed by atoms with Gasteiger partial charge in [-0.15, -0.1) is 0 Å². The third-order valence-corrected chi connectivity index (χ3v) is 2.29. The lowest BCUT2D eigenvalue weighted by molar-refractivity contribution is -0.0958. The number of hydrogen-bond donors (Lipinski definition) is 3. The third kappa shape index (κ3) is 0.645. The molecule has 2 aliphatic rings. The van der Waals surface area contributed by atoms with Gasteiger partial charge in [-0.3, -0.25) is 0 Å². The molecule has 0 saturated carbocycles. The van der Waals surface area contributed by atoms with Crippen LogP contribution < -0.4 is 5.32 Å². The summed E-state index contributed by atoms with van der Waals surface area (Å²) in [7, 11) is 0. The lowest BCUT2D eigenvalue weighted by Gasteiger charge is -2.40.